The molecule has 0 aliphatic carbocycles. The summed E-state index contributed by atoms with van der Waals surface area (Å²) in [6.45, 7) is 2.56. The molecular weight excluding hydrogens is 454 g/mol. The van der Waals surface area contributed by atoms with Gasteiger partial charge in [-0.3, -0.25) is 4.79 Å². The van der Waals surface area contributed by atoms with Crippen LogP contribution in [0.4, 0.5) is 5.69 Å². The van der Waals surface area contributed by atoms with Gasteiger partial charge in [0, 0.05) is 24.7 Å². The van der Waals surface area contributed by atoms with Gasteiger partial charge in [0.05, 0.1) is 23.1 Å². The van der Waals surface area contributed by atoms with Gasteiger partial charge in [-0.05, 0) is 61.0 Å². The van der Waals surface area contributed by atoms with Crippen molar-refractivity contribution in [2.24, 2.45) is 0 Å². The number of amides is 1. The van der Waals surface area contributed by atoms with E-state index in [1.165, 1.54) is 12.1 Å². The average molecular weight is 480 g/mol. The summed E-state index contributed by atoms with van der Waals surface area (Å²) in [6.07, 6.45) is -0.0394. The Morgan fingerprint density at radius 1 is 0.971 bits per heavy atom. The highest BCUT2D eigenvalue weighted by Crippen LogP contribution is 2.19. The smallest absolute Gasteiger partial charge is 0.240 e. The second-order valence-corrected chi connectivity index (χ2v) is 9.00. The molecule has 176 valence electrons. The van der Waals surface area contributed by atoms with Crippen LogP contribution in [0.25, 0.3) is 0 Å². The number of nitrogens with zero attached hydrogens (tertiary/aromatic N) is 1. The fraction of sp³-hybridized carbons (Fsp3) is 0.200. The average Bonchev–Trinajstić information content (AvgIpc) is 2.83. The van der Waals surface area contributed by atoms with E-state index in [9.17, 15) is 13.2 Å². The van der Waals surface area contributed by atoms with E-state index < -0.39 is 10.0 Å². The first-order chi connectivity index (χ1) is 16.4. The molecule has 0 saturated heterocycles. The number of carbonyl (C=O) groups excluding carboxylic acids is 1. The number of nitriles is 1. The van der Waals surface area contributed by atoms with Gasteiger partial charge in [-0.2, -0.15) is 5.26 Å². The Kier molecular flexibility index (Phi) is 8.62. The van der Waals surface area contributed by atoms with E-state index in [1.807, 2.05) is 13.0 Å². The molecule has 0 heterocycles. The monoisotopic (exact) mass is 479 g/mol. The van der Waals surface area contributed by atoms with E-state index in [0.717, 1.165) is 5.56 Å². The number of sulfonamides is 1. The Balaban J connectivity index is 1.48. The minimum Gasteiger partial charge on any atom is -0.494 e. The van der Waals surface area contributed by atoms with Gasteiger partial charge in [-0.25, -0.2) is 13.1 Å². The van der Waals surface area contributed by atoms with Crippen molar-refractivity contribution >= 4 is 21.6 Å². The number of benzene rings is 3. The van der Waals surface area contributed by atoms with Crippen molar-refractivity contribution in [3.63, 3.8) is 0 Å². The molecule has 34 heavy (non-hydrogen) atoms. The van der Waals surface area contributed by atoms with Gasteiger partial charge in [0.2, 0.25) is 15.9 Å². The maximum atomic E-state index is 12.4. The highest BCUT2D eigenvalue weighted by molar-refractivity contribution is 7.89. The van der Waals surface area contributed by atoms with E-state index in [4.69, 9.17) is 14.7 Å². The summed E-state index contributed by atoms with van der Waals surface area (Å²) in [5.74, 6) is 0.798. The lowest BCUT2D eigenvalue weighted by Crippen LogP contribution is -2.27. The third-order valence-corrected chi connectivity index (χ3v) is 6.15. The predicted octanol–water partition coefficient (Wildman–Crippen LogP) is 3.84. The summed E-state index contributed by atoms with van der Waals surface area (Å²) in [4.78, 5) is 12.4. The van der Waals surface area contributed by atoms with Crippen LogP contribution in [0.1, 0.15) is 24.5 Å². The maximum Gasteiger partial charge on any atom is 0.240 e. The van der Waals surface area contributed by atoms with Gasteiger partial charge in [0.1, 0.15) is 18.1 Å². The first kappa shape index (κ1) is 24.8. The Hall–Kier alpha value is -3.87. The molecule has 1 amide bonds. The normalized spacial score (nSPS) is 10.8. The van der Waals surface area contributed by atoms with Gasteiger partial charge >= 0.3 is 0 Å². The second-order valence-electron chi connectivity index (χ2n) is 7.23. The molecule has 0 fully saturated rings. The molecule has 3 rings (SSSR count). The molecule has 0 spiro atoms. The first-order valence-electron chi connectivity index (χ1n) is 10.6. The molecule has 0 saturated carbocycles. The zero-order valence-electron chi connectivity index (χ0n) is 18.7. The molecular formula is C25H25N3O5S. The van der Waals surface area contributed by atoms with Crippen molar-refractivity contribution < 1.29 is 22.7 Å². The Morgan fingerprint density at radius 2 is 1.74 bits per heavy atom. The zero-order chi connectivity index (χ0) is 24.4. The number of carbonyl (C=O) groups is 1. The molecule has 0 unspecified atom stereocenters. The van der Waals surface area contributed by atoms with Crippen LogP contribution in [0, 0.1) is 11.3 Å². The van der Waals surface area contributed by atoms with Crippen molar-refractivity contribution in [2.45, 2.75) is 24.8 Å². The molecule has 0 aromatic heterocycles. The number of hydrogen-bond acceptors (Lipinski definition) is 6. The maximum absolute atomic E-state index is 12.4. The zero-order valence-corrected chi connectivity index (χ0v) is 19.5. The van der Waals surface area contributed by atoms with Gasteiger partial charge in [-0.15, -0.1) is 0 Å². The number of nitrogens with one attached hydrogen (secondary N) is 2. The highest BCUT2D eigenvalue weighted by Gasteiger charge is 2.14. The van der Waals surface area contributed by atoms with Crippen LogP contribution in [0.2, 0.25) is 0 Å². The minimum atomic E-state index is -3.73. The summed E-state index contributed by atoms with van der Waals surface area (Å²) in [5, 5.41) is 11.7. The van der Waals surface area contributed by atoms with Crippen molar-refractivity contribution in [2.75, 3.05) is 18.5 Å². The lowest BCUT2D eigenvalue weighted by molar-refractivity contribution is -0.116. The standard InChI is InChI=1S/C25H25N3O5S/c1-2-32-22-9-11-24(12-10-22)34(30,31)27-14-13-25(29)28-21-7-4-8-23(16-21)33-18-20-6-3-5-19(15-20)17-26/h3-12,15-16,27H,2,13-14,18H2,1H3,(H,28,29). The molecule has 3 aromatic rings. The summed E-state index contributed by atoms with van der Waals surface area (Å²) in [6, 6.07) is 22.2. The van der Waals surface area contributed by atoms with E-state index in [2.05, 4.69) is 16.1 Å². The summed E-state index contributed by atoms with van der Waals surface area (Å²) in [5.41, 5.74) is 1.94. The molecule has 2 N–H and O–H groups in total. The molecule has 0 aliphatic rings. The van der Waals surface area contributed by atoms with E-state index in [-0.39, 0.29) is 30.4 Å². The molecule has 0 aliphatic heterocycles. The van der Waals surface area contributed by atoms with Crippen molar-refractivity contribution in [1.82, 2.24) is 4.72 Å². The lowest BCUT2D eigenvalue weighted by Gasteiger charge is -2.10. The fourth-order valence-corrected chi connectivity index (χ4v) is 4.08. The summed E-state index contributed by atoms with van der Waals surface area (Å²) >= 11 is 0. The van der Waals surface area contributed by atoms with Crippen LogP contribution in [-0.2, 0) is 21.4 Å². The van der Waals surface area contributed by atoms with Gasteiger partial charge in [-0.1, -0.05) is 18.2 Å². The number of rotatable bonds is 11. The molecule has 0 bridgehead atoms. The third kappa shape index (κ3) is 7.33. The topological polar surface area (TPSA) is 118 Å². The van der Waals surface area contributed by atoms with E-state index in [0.29, 0.717) is 29.4 Å². The molecule has 0 atom stereocenters. The van der Waals surface area contributed by atoms with Crippen molar-refractivity contribution in [1.29, 1.82) is 5.26 Å². The van der Waals surface area contributed by atoms with Crippen LogP contribution in [0.3, 0.4) is 0 Å². The SMILES string of the molecule is CCOc1ccc(S(=O)(=O)NCCC(=O)Nc2cccc(OCc3cccc(C#N)c3)c2)cc1. The van der Waals surface area contributed by atoms with Crippen LogP contribution in [0.15, 0.2) is 77.7 Å². The molecule has 0 radical (unpaired) electrons. The minimum absolute atomic E-state index is 0.0394. The first-order valence-corrected chi connectivity index (χ1v) is 12.1. The summed E-state index contributed by atoms with van der Waals surface area (Å²) in [7, 11) is -3.73. The highest BCUT2D eigenvalue weighted by atomic mass is 32.2. The van der Waals surface area contributed by atoms with E-state index >= 15 is 0 Å². The van der Waals surface area contributed by atoms with Crippen molar-refractivity contribution in [3.8, 4) is 17.6 Å². The van der Waals surface area contributed by atoms with Crippen LogP contribution in [-0.4, -0.2) is 27.5 Å². The quantitative estimate of drug-likeness (QED) is 0.431. The fourth-order valence-electron chi connectivity index (χ4n) is 3.05. The predicted molar refractivity (Wildman–Crippen MR) is 128 cm³/mol. The van der Waals surface area contributed by atoms with Gasteiger partial charge < -0.3 is 14.8 Å². The van der Waals surface area contributed by atoms with Crippen LogP contribution >= 0.6 is 0 Å². The third-order valence-electron chi connectivity index (χ3n) is 4.67. The van der Waals surface area contributed by atoms with E-state index in [1.54, 1.807) is 54.6 Å². The number of hydrogen-bond donors (Lipinski definition) is 2. The lowest BCUT2D eigenvalue weighted by atomic mass is 10.1. The molecule has 3 aromatic carbocycles. The summed E-state index contributed by atoms with van der Waals surface area (Å²) < 4.78 is 38.3. The largest absolute Gasteiger partial charge is 0.494 e. The molecule has 9 heteroatoms. The number of anilines is 1. The Labute approximate surface area is 199 Å². The number of ether oxygens (including phenoxy) is 2. The van der Waals surface area contributed by atoms with Crippen LogP contribution in [0.5, 0.6) is 11.5 Å². The van der Waals surface area contributed by atoms with Gasteiger partial charge in [0.25, 0.3) is 0 Å². The second kappa shape index (κ2) is 11.8. The van der Waals surface area contributed by atoms with Crippen LogP contribution < -0.4 is 19.5 Å². The van der Waals surface area contributed by atoms with Gasteiger partial charge in [0.15, 0.2) is 0 Å². The Morgan fingerprint density at radius 3 is 2.47 bits per heavy atom. The Bertz CT molecular complexity index is 1270. The molecule has 8 nitrogen and oxygen atoms in total. The van der Waals surface area contributed by atoms with Crippen molar-refractivity contribution in [3.05, 3.63) is 83.9 Å².